The molecule has 1 heterocycles. The number of nitrogens with zero attached hydrogens (tertiary/aromatic N) is 4. The highest BCUT2D eigenvalue weighted by Crippen LogP contribution is 2.37. The second-order valence-electron chi connectivity index (χ2n) is 8.83. The van der Waals surface area contributed by atoms with Crippen LogP contribution in [0.15, 0.2) is 29.4 Å². The van der Waals surface area contributed by atoms with E-state index in [2.05, 4.69) is 28.5 Å². The van der Waals surface area contributed by atoms with E-state index in [1.54, 1.807) is 4.68 Å². The molecule has 1 aromatic carbocycles. The normalized spacial score (nSPS) is 11.9. The highest BCUT2D eigenvalue weighted by atomic mass is 32.2. The Hall–Kier alpha value is -2.42. The summed E-state index contributed by atoms with van der Waals surface area (Å²) in [7, 11) is 1.39. The number of benzene rings is 1. The first kappa shape index (κ1) is 28.8. The largest absolute Gasteiger partial charge is 0.481 e. The van der Waals surface area contributed by atoms with E-state index in [1.807, 2.05) is 18.2 Å². The molecule has 9 heteroatoms. The number of carbonyl (C=O) groups excluding carboxylic acids is 1. The number of aliphatic carboxylic acids is 1. The minimum Gasteiger partial charge on any atom is -0.481 e. The van der Waals surface area contributed by atoms with Crippen LogP contribution in [0.1, 0.15) is 100 Å². The number of esters is 1. The summed E-state index contributed by atoms with van der Waals surface area (Å²) in [6.45, 7) is 2.62. The number of hydrogen-bond acceptors (Lipinski definition) is 7. The van der Waals surface area contributed by atoms with Gasteiger partial charge in [-0.1, -0.05) is 101 Å². The van der Waals surface area contributed by atoms with Gasteiger partial charge in [0.15, 0.2) is 0 Å². The summed E-state index contributed by atoms with van der Waals surface area (Å²) in [5.74, 6) is -1.22. The zero-order chi connectivity index (χ0) is 25.3. The summed E-state index contributed by atoms with van der Waals surface area (Å²) in [6.07, 6.45) is 14.2. The number of rotatable bonds is 19. The molecule has 1 N–H and O–H groups in total. The summed E-state index contributed by atoms with van der Waals surface area (Å²) in [5.41, 5.74) is 2.06. The molecule has 0 aliphatic heterocycles. The average Bonchev–Trinajstić information content (AvgIpc) is 3.30. The molecular weight excluding hydrogens is 464 g/mol. The van der Waals surface area contributed by atoms with Crippen LogP contribution in [-0.2, 0) is 27.3 Å². The lowest BCUT2D eigenvalue weighted by Crippen LogP contribution is -2.15. The molecule has 0 bridgehead atoms. The topological polar surface area (TPSA) is 107 Å². The van der Waals surface area contributed by atoms with Crippen LogP contribution < -0.4 is 0 Å². The van der Waals surface area contributed by atoms with Gasteiger partial charge in [0.1, 0.15) is 5.25 Å². The van der Waals surface area contributed by atoms with Gasteiger partial charge in [-0.3, -0.25) is 9.59 Å². The first-order valence-electron chi connectivity index (χ1n) is 12.9. The molecule has 2 rings (SSSR count). The van der Waals surface area contributed by atoms with Gasteiger partial charge in [0.2, 0.25) is 5.16 Å². The standard InChI is InChI=1S/C26H40N4O4S/c1-3-4-5-6-7-8-9-10-11-12-16-21-17-13-14-18-22(21)24(25(33)34-2)35-26-27-28-29-30(26)20-15-19-23(31)32/h13-14,17-18,24H,3-12,15-16,19-20H2,1-2H3,(H,31,32). The number of tetrazole rings is 1. The van der Waals surface area contributed by atoms with Gasteiger partial charge in [0, 0.05) is 13.0 Å². The Balaban J connectivity index is 1.93. The molecule has 1 unspecified atom stereocenters. The van der Waals surface area contributed by atoms with Crippen LogP contribution in [-0.4, -0.2) is 44.4 Å². The average molecular weight is 505 g/mol. The van der Waals surface area contributed by atoms with Gasteiger partial charge in [-0.2, -0.15) is 0 Å². The lowest BCUT2D eigenvalue weighted by Gasteiger charge is -2.18. The molecule has 2 aromatic rings. The molecule has 0 radical (unpaired) electrons. The van der Waals surface area contributed by atoms with Crippen LogP contribution in [0.4, 0.5) is 0 Å². The quantitative estimate of drug-likeness (QED) is 0.141. The van der Waals surface area contributed by atoms with Gasteiger partial charge in [-0.05, 0) is 40.8 Å². The van der Waals surface area contributed by atoms with E-state index >= 15 is 0 Å². The Kier molecular flexibility index (Phi) is 14.1. The first-order chi connectivity index (χ1) is 17.1. The minimum atomic E-state index is -0.861. The van der Waals surface area contributed by atoms with Crippen molar-refractivity contribution >= 4 is 23.7 Å². The Morgan fingerprint density at radius 2 is 1.66 bits per heavy atom. The molecule has 0 aliphatic carbocycles. The van der Waals surface area contributed by atoms with E-state index in [9.17, 15) is 9.59 Å². The van der Waals surface area contributed by atoms with Crippen LogP contribution >= 0.6 is 11.8 Å². The van der Waals surface area contributed by atoms with E-state index < -0.39 is 11.2 Å². The van der Waals surface area contributed by atoms with Gasteiger partial charge in [-0.25, -0.2) is 4.68 Å². The van der Waals surface area contributed by atoms with Crippen molar-refractivity contribution in [3.8, 4) is 0 Å². The molecule has 0 aliphatic rings. The summed E-state index contributed by atoms with van der Waals surface area (Å²) in [6, 6.07) is 7.99. The van der Waals surface area contributed by atoms with Crippen LogP contribution in [0.3, 0.4) is 0 Å². The number of unbranched alkanes of at least 4 members (excludes halogenated alkanes) is 9. The lowest BCUT2D eigenvalue weighted by molar-refractivity contribution is -0.140. The summed E-state index contributed by atoms with van der Waals surface area (Å²) in [5, 5.41) is 20.5. The van der Waals surface area contributed by atoms with Crippen LogP contribution in [0.2, 0.25) is 0 Å². The van der Waals surface area contributed by atoms with Crippen molar-refractivity contribution in [3.05, 3.63) is 35.4 Å². The predicted octanol–water partition coefficient (Wildman–Crippen LogP) is 6.01. The summed E-state index contributed by atoms with van der Waals surface area (Å²) >= 11 is 1.24. The van der Waals surface area contributed by atoms with Gasteiger partial charge in [0.25, 0.3) is 0 Å². The zero-order valence-corrected chi connectivity index (χ0v) is 22.0. The smallest absolute Gasteiger partial charge is 0.323 e. The summed E-state index contributed by atoms with van der Waals surface area (Å²) in [4.78, 5) is 23.6. The van der Waals surface area contributed by atoms with E-state index in [0.29, 0.717) is 18.1 Å². The van der Waals surface area contributed by atoms with Crippen molar-refractivity contribution in [1.82, 2.24) is 20.2 Å². The number of methoxy groups -OCH3 is 1. The Labute approximate surface area is 213 Å². The zero-order valence-electron chi connectivity index (χ0n) is 21.2. The van der Waals surface area contributed by atoms with Gasteiger partial charge in [0.05, 0.1) is 7.11 Å². The monoisotopic (exact) mass is 504 g/mol. The Bertz CT molecular complexity index is 890. The molecule has 0 fully saturated rings. The maximum Gasteiger partial charge on any atom is 0.323 e. The molecule has 8 nitrogen and oxygen atoms in total. The third-order valence-corrected chi connectivity index (χ3v) is 7.22. The SMILES string of the molecule is CCCCCCCCCCCCc1ccccc1C(Sc1nnnn1CCCC(=O)O)C(=O)OC. The van der Waals surface area contributed by atoms with Gasteiger partial charge < -0.3 is 9.84 Å². The fourth-order valence-electron chi connectivity index (χ4n) is 4.07. The molecule has 35 heavy (non-hydrogen) atoms. The number of carbonyl (C=O) groups is 2. The fourth-order valence-corrected chi connectivity index (χ4v) is 5.17. The molecule has 0 saturated carbocycles. The lowest BCUT2D eigenvalue weighted by atomic mass is 9.98. The van der Waals surface area contributed by atoms with E-state index in [1.165, 1.54) is 76.7 Å². The first-order valence-corrected chi connectivity index (χ1v) is 13.7. The number of carboxylic acid groups (broad SMARTS) is 1. The number of aromatic nitrogens is 4. The maximum absolute atomic E-state index is 12.7. The van der Waals surface area contributed by atoms with Crippen LogP contribution in [0, 0.1) is 0 Å². The predicted molar refractivity (Wildman–Crippen MR) is 137 cm³/mol. The maximum atomic E-state index is 12.7. The fraction of sp³-hybridized carbons (Fsp3) is 0.654. The van der Waals surface area contributed by atoms with Crippen LogP contribution in [0.25, 0.3) is 0 Å². The van der Waals surface area contributed by atoms with Gasteiger partial charge in [-0.15, -0.1) is 5.10 Å². The molecule has 0 amide bonds. The molecule has 0 saturated heterocycles. The molecule has 1 aromatic heterocycles. The highest BCUT2D eigenvalue weighted by molar-refractivity contribution is 8.00. The number of carboxylic acids is 1. The number of aryl methyl sites for hydroxylation is 2. The molecule has 1 atom stereocenters. The van der Waals surface area contributed by atoms with Crippen molar-refractivity contribution in [2.75, 3.05) is 7.11 Å². The number of ether oxygens (including phenoxy) is 1. The second kappa shape index (κ2) is 17.1. The molecule has 194 valence electrons. The summed E-state index contributed by atoms with van der Waals surface area (Å²) < 4.78 is 6.66. The van der Waals surface area contributed by atoms with Gasteiger partial charge >= 0.3 is 11.9 Å². The molecule has 0 spiro atoms. The highest BCUT2D eigenvalue weighted by Gasteiger charge is 2.27. The van der Waals surface area contributed by atoms with E-state index in [-0.39, 0.29) is 12.4 Å². The Morgan fingerprint density at radius 1 is 1.00 bits per heavy atom. The second-order valence-corrected chi connectivity index (χ2v) is 9.91. The van der Waals surface area contributed by atoms with Crippen molar-refractivity contribution in [3.63, 3.8) is 0 Å². The number of hydrogen-bond donors (Lipinski definition) is 1. The van der Waals surface area contributed by atoms with Crippen molar-refractivity contribution in [1.29, 1.82) is 0 Å². The van der Waals surface area contributed by atoms with Crippen molar-refractivity contribution in [2.24, 2.45) is 0 Å². The molecular formula is C26H40N4O4S. The Morgan fingerprint density at radius 3 is 2.31 bits per heavy atom. The van der Waals surface area contributed by atoms with Crippen LogP contribution in [0.5, 0.6) is 0 Å². The van der Waals surface area contributed by atoms with E-state index in [0.717, 1.165) is 24.0 Å². The van der Waals surface area contributed by atoms with E-state index in [4.69, 9.17) is 9.84 Å². The number of thioether (sulfide) groups is 1. The minimum absolute atomic E-state index is 0.0338. The van der Waals surface area contributed by atoms with Crippen molar-refractivity contribution < 1.29 is 19.4 Å². The van der Waals surface area contributed by atoms with Crippen molar-refractivity contribution in [2.45, 2.75) is 107 Å². The third-order valence-electron chi connectivity index (χ3n) is 6.04. The third kappa shape index (κ3) is 10.8.